The van der Waals surface area contributed by atoms with Crippen LogP contribution in [0.5, 0.6) is 0 Å². The number of nitrogens with one attached hydrogen (secondary N) is 2. The van der Waals surface area contributed by atoms with Gasteiger partial charge in [0.15, 0.2) is 0 Å². The summed E-state index contributed by atoms with van der Waals surface area (Å²) in [5, 5.41) is 14.6. The van der Waals surface area contributed by atoms with Crippen LogP contribution in [-0.2, 0) is 19.1 Å². The van der Waals surface area contributed by atoms with Crippen LogP contribution in [0.25, 0.3) is 11.1 Å². The number of carbonyl (C=O) groups excluding carboxylic acids is 2. The van der Waals surface area contributed by atoms with Gasteiger partial charge in [0.25, 0.3) is 0 Å². The number of methoxy groups -OCH3 is 1. The summed E-state index contributed by atoms with van der Waals surface area (Å²) in [5.74, 6) is -0.879. The first-order valence-electron chi connectivity index (χ1n) is 12.1. The Hall–Kier alpha value is -3.39. The fraction of sp³-hybridized carbons (Fsp3) is 0.444. The molecule has 8 nitrogen and oxygen atoms in total. The maximum Gasteiger partial charge on any atom is 0.407 e. The summed E-state index contributed by atoms with van der Waals surface area (Å²) in [6.45, 7) is 0.749. The van der Waals surface area contributed by atoms with Crippen molar-refractivity contribution < 1.29 is 29.0 Å². The van der Waals surface area contributed by atoms with Gasteiger partial charge in [0.1, 0.15) is 12.7 Å². The Bertz CT molecular complexity index is 1020. The number of carboxylic acids is 1. The smallest absolute Gasteiger partial charge is 0.407 e. The summed E-state index contributed by atoms with van der Waals surface area (Å²) in [6, 6.07) is 16.3. The second-order valence-corrected chi connectivity index (χ2v) is 9.21. The molecule has 0 bridgehead atoms. The highest BCUT2D eigenvalue weighted by atomic mass is 16.5. The summed E-state index contributed by atoms with van der Waals surface area (Å²) in [7, 11) is 1.44. The van der Waals surface area contributed by atoms with Gasteiger partial charge in [-0.1, -0.05) is 48.5 Å². The molecule has 0 spiro atoms. The Labute approximate surface area is 205 Å². The second-order valence-electron chi connectivity index (χ2n) is 9.21. The molecule has 2 aliphatic carbocycles. The minimum absolute atomic E-state index is 0.0177. The molecule has 0 radical (unpaired) electrons. The van der Waals surface area contributed by atoms with E-state index in [-0.39, 0.29) is 43.7 Å². The molecule has 0 aliphatic heterocycles. The van der Waals surface area contributed by atoms with Gasteiger partial charge >= 0.3 is 12.1 Å². The molecule has 2 aromatic carbocycles. The molecule has 0 heterocycles. The zero-order chi connectivity index (χ0) is 24.8. The number of hydrogen-bond acceptors (Lipinski definition) is 5. The summed E-state index contributed by atoms with van der Waals surface area (Å²) in [6.07, 6.45) is 1.05. The minimum Gasteiger partial charge on any atom is -0.481 e. The molecular weight excluding hydrogens is 448 g/mol. The van der Waals surface area contributed by atoms with E-state index in [9.17, 15) is 14.4 Å². The fourth-order valence-corrected chi connectivity index (χ4v) is 4.85. The first-order chi connectivity index (χ1) is 17.0. The highest BCUT2D eigenvalue weighted by molar-refractivity contribution is 5.81. The predicted octanol–water partition coefficient (Wildman–Crippen LogP) is 3.55. The number of carboxylic acid groups (broad SMARTS) is 1. The number of carbonyl (C=O) groups is 3. The minimum atomic E-state index is -0.855. The van der Waals surface area contributed by atoms with E-state index in [1.54, 1.807) is 0 Å². The van der Waals surface area contributed by atoms with Gasteiger partial charge in [0, 0.05) is 32.5 Å². The number of benzene rings is 2. The summed E-state index contributed by atoms with van der Waals surface area (Å²) in [5.41, 5.74) is 4.62. The lowest BCUT2D eigenvalue weighted by molar-refractivity contribution is -0.139. The molecule has 186 valence electrons. The lowest BCUT2D eigenvalue weighted by Crippen LogP contribution is -2.41. The number of rotatable bonds is 12. The lowest BCUT2D eigenvalue weighted by atomic mass is 9.98. The van der Waals surface area contributed by atoms with Crippen molar-refractivity contribution in [3.63, 3.8) is 0 Å². The number of amides is 2. The van der Waals surface area contributed by atoms with Crippen molar-refractivity contribution in [2.45, 2.75) is 37.7 Å². The molecule has 1 fully saturated rings. The molecule has 2 aliphatic rings. The molecule has 2 atom stereocenters. The van der Waals surface area contributed by atoms with Crippen molar-refractivity contribution in [3.05, 3.63) is 59.7 Å². The molecule has 2 unspecified atom stereocenters. The number of ether oxygens (including phenoxy) is 2. The van der Waals surface area contributed by atoms with E-state index in [1.165, 1.54) is 18.2 Å². The van der Waals surface area contributed by atoms with Gasteiger partial charge in [-0.3, -0.25) is 9.59 Å². The average Bonchev–Trinajstić information content (AvgIpc) is 3.65. The van der Waals surface area contributed by atoms with Crippen molar-refractivity contribution in [2.75, 3.05) is 26.8 Å². The first-order valence-corrected chi connectivity index (χ1v) is 12.1. The van der Waals surface area contributed by atoms with Crippen LogP contribution in [-0.4, -0.2) is 56.0 Å². The highest BCUT2D eigenvalue weighted by Crippen LogP contribution is 2.44. The van der Waals surface area contributed by atoms with Gasteiger partial charge in [-0.05, 0) is 46.9 Å². The quantitative estimate of drug-likeness (QED) is 0.428. The monoisotopic (exact) mass is 480 g/mol. The van der Waals surface area contributed by atoms with E-state index in [0.717, 1.165) is 24.0 Å². The Balaban J connectivity index is 1.21. The van der Waals surface area contributed by atoms with Gasteiger partial charge in [0.2, 0.25) is 5.91 Å². The zero-order valence-electron chi connectivity index (χ0n) is 19.9. The average molecular weight is 481 g/mol. The summed E-state index contributed by atoms with van der Waals surface area (Å²) in [4.78, 5) is 35.9. The summed E-state index contributed by atoms with van der Waals surface area (Å²) >= 11 is 0. The van der Waals surface area contributed by atoms with Crippen molar-refractivity contribution in [1.82, 2.24) is 10.6 Å². The van der Waals surface area contributed by atoms with E-state index in [4.69, 9.17) is 14.6 Å². The lowest BCUT2D eigenvalue weighted by Gasteiger charge is -2.19. The normalized spacial score (nSPS) is 16.0. The molecule has 3 N–H and O–H groups in total. The Kier molecular flexibility index (Phi) is 8.02. The molecule has 0 saturated heterocycles. The predicted molar refractivity (Wildman–Crippen MR) is 130 cm³/mol. The first kappa shape index (κ1) is 24.7. The molecule has 2 aromatic rings. The van der Waals surface area contributed by atoms with Crippen molar-refractivity contribution in [1.29, 1.82) is 0 Å². The van der Waals surface area contributed by atoms with Crippen LogP contribution in [0, 0.1) is 11.8 Å². The summed E-state index contributed by atoms with van der Waals surface area (Å²) < 4.78 is 10.8. The van der Waals surface area contributed by atoms with Crippen LogP contribution in [0.3, 0.4) is 0 Å². The molecule has 0 aromatic heterocycles. The van der Waals surface area contributed by atoms with E-state index < -0.39 is 18.2 Å². The van der Waals surface area contributed by atoms with Crippen LogP contribution in [0.15, 0.2) is 48.5 Å². The van der Waals surface area contributed by atoms with Crippen LogP contribution in [0.4, 0.5) is 4.79 Å². The van der Waals surface area contributed by atoms with Gasteiger partial charge in [-0.2, -0.15) is 0 Å². The fourth-order valence-electron chi connectivity index (χ4n) is 4.85. The van der Waals surface area contributed by atoms with Crippen molar-refractivity contribution in [2.24, 2.45) is 11.8 Å². The topological polar surface area (TPSA) is 114 Å². The van der Waals surface area contributed by atoms with Gasteiger partial charge in [-0.15, -0.1) is 0 Å². The molecule has 35 heavy (non-hydrogen) atoms. The second kappa shape index (κ2) is 11.4. The third-order valence-corrected chi connectivity index (χ3v) is 6.86. The van der Waals surface area contributed by atoms with E-state index in [2.05, 4.69) is 34.9 Å². The number of aliphatic carboxylic acids is 1. The van der Waals surface area contributed by atoms with Gasteiger partial charge in [0.05, 0.1) is 6.42 Å². The van der Waals surface area contributed by atoms with Crippen LogP contribution in [0.2, 0.25) is 0 Å². The number of hydrogen-bond donors (Lipinski definition) is 3. The molecule has 2 amide bonds. The Morgan fingerprint density at radius 2 is 1.63 bits per heavy atom. The Morgan fingerprint density at radius 1 is 1.00 bits per heavy atom. The number of alkyl carbamates (subject to hydrolysis) is 1. The van der Waals surface area contributed by atoms with E-state index in [1.807, 2.05) is 24.3 Å². The third-order valence-electron chi connectivity index (χ3n) is 6.86. The third kappa shape index (κ3) is 6.19. The zero-order valence-corrected chi connectivity index (χ0v) is 19.9. The van der Waals surface area contributed by atoms with Gasteiger partial charge in [-0.25, -0.2) is 4.79 Å². The highest BCUT2D eigenvalue weighted by Gasteiger charge is 2.33. The Morgan fingerprint density at radius 3 is 2.20 bits per heavy atom. The van der Waals surface area contributed by atoms with Gasteiger partial charge < -0.3 is 25.2 Å². The maximum atomic E-state index is 12.5. The maximum absolute atomic E-state index is 12.5. The van der Waals surface area contributed by atoms with E-state index in [0.29, 0.717) is 12.5 Å². The van der Waals surface area contributed by atoms with Crippen molar-refractivity contribution >= 4 is 18.0 Å². The molecule has 8 heteroatoms. The molecule has 4 rings (SSSR count). The van der Waals surface area contributed by atoms with Crippen molar-refractivity contribution in [3.8, 4) is 11.1 Å². The number of fused-ring (bicyclic) bond motifs is 3. The standard InChI is InChI=1S/C27H32N2O6/c1-34-24(26(32)29-15-18(14-25(30)31)17-10-11-17)12-13-28-27(33)35-16-23-21-8-4-2-6-19(21)20-7-3-5-9-22(20)23/h2-9,17-18,23-24H,10-16H2,1H3,(H,28,33)(H,29,32)(H,30,31). The van der Waals surface area contributed by atoms with E-state index >= 15 is 0 Å². The van der Waals surface area contributed by atoms with Crippen LogP contribution in [0.1, 0.15) is 42.7 Å². The van der Waals surface area contributed by atoms with Crippen LogP contribution < -0.4 is 10.6 Å². The van der Waals surface area contributed by atoms with Crippen LogP contribution >= 0.6 is 0 Å². The molecular formula is C27H32N2O6. The molecule has 1 saturated carbocycles. The largest absolute Gasteiger partial charge is 0.481 e. The SMILES string of the molecule is COC(CCNC(=O)OCC1c2ccccc2-c2ccccc21)C(=O)NCC(CC(=O)O)C1CC1.